The van der Waals surface area contributed by atoms with Crippen molar-refractivity contribution in [1.82, 2.24) is 14.5 Å². The van der Waals surface area contributed by atoms with Crippen LogP contribution in [0.4, 0.5) is 5.82 Å². The van der Waals surface area contributed by atoms with Gasteiger partial charge in [0.25, 0.3) is 0 Å². The number of esters is 1. The lowest BCUT2D eigenvalue weighted by Gasteiger charge is -2.26. The first-order chi connectivity index (χ1) is 9.63. The van der Waals surface area contributed by atoms with Crippen molar-refractivity contribution in [3.63, 3.8) is 0 Å². The molecule has 110 valence electrons. The number of nitrogen functional groups attached to an aromatic ring is 1. The van der Waals surface area contributed by atoms with Gasteiger partial charge in [-0.15, -0.1) is 0 Å². The number of nitrogens with two attached hydrogens (primary N) is 1. The summed E-state index contributed by atoms with van der Waals surface area (Å²) in [7, 11) is 1.27. The Morgan fingerprint density at radius 3 is 2.80 bits per heavy atom. The first-order valence-electron chi connectivity index (χ1n) is 6.38. The molecule has 1 aliphatic heterocycles. The van der Waals surface area contributed by atoms with Crippen LogP contribution in [0.3, 0.4) is 0 Å². The average molecular weight is 282 g/mol. The van der Waals surface area contributed by atoms with Crippen LogP contribution in [0.25, 0.3) is 0 Å². The topological polar surface area (TPSA) is 99.7 Å². The lowest BCUT2D eigenvalue weighted by Crippen LogP contribution is -2.40. The zero-order chi connectivity index (χ0) is 14.5. The number of morpholine rings is 1. The molecule has 8 heteroatoms. The molecule has 0 radical (unpaired) electrons. The predicted octanol–water partition coefficient (Wildman–Crippen LogP) is -0.499. The van der Waals surface area contributed by atoms with E-state index >= 15 is 0 Å². The van der Waals surface area contributed by atoms with Crippen LogP contribution >= 0.6 is 0 Å². The first-order valence-corrected chi connectivity index (χ1v) is 6.38. The minimum absolute atomic E-state index is 0.0426. The van der Waals surface area contributed by atoms with Crippen molar-refractivity contribution in [3.05, 3.63) is 12.0 Å². The van der Waals surface area contributed by atoms with Crippen LogP contribution in [0.5, 0.6) is 0 Å². The van der Waals surface area contributed by atoms with Gasteiger partial charge in [0.1, 0.15) is 5.82 Å². The summed E-state index contributed by atoms with van der Waals surface area (Å²) in [6.45, 7) is 2.76. The maximum absolute atomic E-state index is 12.0. The molecule has 1 aromatic rings. The quantitative estimate of drug-likeness (QED) is 0.747. The molecule has 1 fully saturated rings. The Morgan fingerprint density at radius 1 is 1.45 bits per heavy atom. The second-order valence-electron chi connectivity index (χ2n) is 4.41. The van der Waals surface area contributed by atoms with Crippen molar-refractivity contribution in [2.75, 3.05) is 39.1 Å². The van der Waals surface area contributed by atoms with Crippen LogP contribution < -0.4 is 5.73 Å². The third-order valence-electron chi connectivity index (χ3n) is 3.19. The molecule has 8 nitrogen and oxygen atoms in total. The third kappa shape index (κ3) is 3.08. The van der Waals surface area contributed by atoms with Gasteiger partial charge in [-0.1, -0.05) is 0 Å². The van der Waals surface area contributed by atoms with Gasteiger partial charge in [0.15, 0.2) is 5.69 Å². The van der Waals surface area contributed by atoms with Gasteiger partial charge in [-0.25, -0.2) is 9.78 Å². The van der Waals surface area contributed by atoms with E-state index in [0.717, 1.165) is 0 Å². The molecule has 0 atom stereocenters. The van der Waals surface area contributed by atoms with Crippen molar-refractivity contribution >= 4 is 17.7 Å². The van der Waals surface area contributed by atoms with Crippen LogP contribution in [0.15, 0.2) is 6.33 Å². The third-order valence-corrected chi connectivity index (χ3v) is 3.19. The Balaban J connectivity index is 1.92. The highest BCUT2D eigenvalue weighted by molar-refractivity contribution is 5.92. The monoisotopic (exact) mass is 282 g/mol. The van der Waals surface area contributed by atoms with Crippen LogP contribution in [0.1, 0.15) is 16.9 Å². The summed E-state index contributed by atoms with van der Waals surface area (Å²) in [6, 6.07) is 0. The van der Waals surface area contributed by atoms with Gasteiger partial charge in [0.2, 0.25) is 5.91 Å². The molecule has 0 spiro atoms. The van der Waals surface area contributed by atoms with E-state index < -0.39 is 5.97 Å². The van der Waals surface area contributed by atoms with E-state index in [1.807, 2.05) is 0 Å². The molecule has 0 aliphatic carbocycles. The number of methoxy groups -OCH3 is 1. The molecular formula is C12H18N4O4. The van der Waals surface area contributed by atoms with Gasteiger partial charge < -0.3 is 24.7 Å². The van der Waals surface area contributed by atoms with Crippen LogP contribution in [-0.4, -0.2) is 59.7 Å². The Morgan fingerprint density at radius 2 is 2.15 bits per heavy atom. The zero-order valence-corrected chi connectivity index (χ0v) is 11.4. The number of aromatic nitrogens is 2. The molecule has 0 aromatic carbocycles. The number of ether oxygens (including phenoxy) is 2. The number of aryl methyl sites for hydroxylation is 1. The van der Waals surface area contributed by atoms with E-state index in [-0.39, 0.29) is 17.4 Å². The summed E-state index contributed by atoms with van der Waals surface area (Å²) >= 11 is 0. The first kappa shape index (κ1) is 14.3. The number of carbonyl (C=O) groups excluding carboxylic acids is 2. The van der Waals surface area contributed by atoms with Crippen LogP contribution in [0, 0.1) is 0 Å². The smallest absolute Gasteiger partial charge is 0.360 e. The Bertz CT molecular complexity index is 494. The molecule has 1 amide bonds. The van der Waals surface area contributed by atoms with Crippen molar-refractivity contribution in [2.45, 2.75) is 13.0 Å². The fourth-order valence-corrected chi connectivity index (χ4v) is 2.01. The Labute approximate surface area is 116 Å². The zero-order valence-electron chi connectivity index (χ0n) is 11.4. The maximum Gasteiger partial charge on any atom is 0.360 e. The lowest BCUT2D eigenvalue weighted by atomic mass is 10.3. The van der Waals surface area contributed by atoms with Gasteiger partial charge in [-0.05, 0) is 0 Å². The molecule has 2 heterocycles. The van der Waals surface area contributed by atoms with E-state index in [2.05, 4.69) is 9.72 Å². The Hall–Kier alpha value is -2.09. The van der Waals surface area contributed by atoms with Crippen molar-refractivity contribution in [1.29, 1.82) is 0 Å². The second kappa shape index (κ2) is 6.38. The fourth-order valence-electron chi connectivity index (χ4n) is 2.01. The molecule has 1 aromatic heterocycles. The minimum Gasteiger partial charge on any atom is -0.464 e. The lowest BCUT2D eigenvalue weighted by molar-refractivity contribution is -0.135. The number of hydrogen-bond acceptors (Lipinski definition) is 6. The largest absolute Gasteiger partial charge is 0.464 e. The van der Waals surface area contributed by atoms with E-state index in [4.69, 9.17) is 10.5 Å². The second-order valence-corrected chi connectivity index (χ2v) is 4.41. The highest BCUT2D eigenvalue weighted by Crippen LogP contribution is 2.12. The number of nitrogens with zero attached hydrogens (tertiary/aromatic N) is 3. The summed E-state index contributed by atoms with van der Waals surface area (Å²) in [5.74, 6) is -0.326. The molecule has 0 unspecified atom stereocenters. The number of amides is 1. The molecule has 20 heavy (non-hydrogen) atoms. The van der Waals surface area contributed by atoms with E-state index in [1.54, 1.807) is 9.47 Å². The van der Waals surface area contributed by atoms with Gasteiger partial charge >= 0.3 is 5.97 Å². The molecule has 0 bridgehead atoms. The molecular weight excluding hydrogens is 264 g/mol. The summed E-state index contributed by atoms with van der Waals surface area (Å²) in [5, 5.41) is 0. The van der Waals surface area contributed by atoms with Gasteiger partial charge in [0.05, 0.1) is 26.7 Å². The van der Waals surface area contributed by atoms with Gasteiger partial charge in [-0.2, -0.15) is 0 Å². The number of carbonyl (C=O) groups is 2. The van der Waals surface area contributed by atoms with Gasteiger partial charge in [0, 0.05) is 26.1 Å². The van der Waals surface area contributed by atoms with Crippen LogP contribution in [-0.2, 0) is 20.8 Å². The standard InChI is InChI=1S/C12H18N4O4/c1-19-12(18)10-11(13)16(8-14-10)3-2-9(17)15-4-6-20-7-5-15/h8H,2-7,13H2,1H3. The Kier molecular flexibility index (Phi) is 4.57. The summed E-state index contributed by atoms with van der Waals surface area (Å²) < 4.78 is 11.3. The van der Waals surface area contributed by atoms with Gasteiger partial charge in [-0.3, -0.25) is 4.79 Å². The minimum atomic E-state index is -0.583. The highest BCUT2D eigenvalue weighted by Gasteiger charge is 2.19. The molecule has 2 rings (SSSR count). The van der Waals surface area contributed by atoms with Crippen molar-refractivity contribution in [3.8, 4) is 0 Å². The normalized spacial score (nSPS) is 15.2. The molecule has 0 saturated carbocycles. The fraction of sp³-hybridized carbons (Fsp3) is 0.583. The number of rotatable bonds is 4. The highest BCUT2D eigenvalue weighted by atomic mass is 16.5. The van der Waals surface area contributed by atoms with E-state index in [9.17, 15) is 9.59 Å². The summed E-state index contributed by atoms with van der Waals surface area (Å²) in [6.07, 6.45) is 1.75. The molecule has 1 aliphatic rings. The number of anilines is 1. The molecule has 1 saturated heterocycles. The maximum atomic E-state index is 12.0. The summed E-state index contributed by atoms with van der Waals surface area (Å²) in [4.78, 5) is 29.0. The van der Waals surface area contributed by atoms with Crippen molar-refractivity contribution < 1.29 is 19.1 Å². The number of hydrogen-bond donors (Lipinski definition) is 1. The van der Waals surface area contributed by atoms with E-state index in [0.29, 0.717) is 39.3 Å². The summed E-state index contributed by atoms with van der Waals surface area (Å²) in [5.41, 5.74) is 5.87. The molecule has 2 N–H and O–H groups in total. The van der Waals surface area contributed by atoms with E-state index in [1.165, 1.54) is 13.4 Å². The van der Waals surface area contributed by atoms with Crippen molar-refractivity contribution in [2.24, 2.45) is 0 Å². The number of imidazole rings is 1. The SMILES string of the molecule is COC(=O)c1ncn(CCC(=O)N2CCOCC2)c1N. The van der Waals surface area contributed by atoms with Crippen LogP contribution in [0.2, 0.25) is 0 Å². The average Bonchev–Trinajstić information content (AvgIpc) is 2.86. The predicted molar refractivity (Wildman–Crippen MR) is 70.0 cm³/mol.